The Morgan fingerprint density at radius 2 is 1.18 bits per heavy atom. The molecule has 56 heavy (non-hydrogen) atoms. The van der Waals surface area contributed by atoms with E-state index in [1.165, 1.54) is 22.3 Å². The molecule has 0 bridgehead atoms. The summed E-state index contributed by atoms with van der Waals surface area (Å²) in [5.74, 6) is 0.935. The van der Waals surface area contributed by atoms with Gasteiger partial charge in [0, 0.05) is 32.9 Å². The maximum atomic E-state index is 14.6. The quantitative estimate of drug-likeness (QED) is 0.145. The molecule has 6 nitrogen and oxygen atoms in total. The van der Waals surface area contributed by atoms with Gasteiger partial charge < -0.3 is 21.1 Å². The fraction of sp³-hybridized carbons (Fsp3) is 0.280. The van der Waals surface area contributed by atoms with Crippen LogP contribution in [-0.4, -0.2) is 22.2 Å². The van der Waals surface area contributed by atoms with Crippen LogP contribution in [-0.2, 0) is 4.79 Å². The largest absolute Gasteiger partial charge is 0.506 e. The molecule has 2 aliphatic heterocycles. The SMILES string of the molecule is Cc1ccc(C2CCC3(CC2)N=c2/c(=C4\C(=O)C(c5ccc6cccc7c6c5NC5(CCC(c6ccc(C)cc6)CC5)N7)=C4O)ccc4cccc(c24)N3)cc1. The number of hydrogen-bond acceptors (Lipinski definition) is 6. The van der Waals surface area contributed by atoms with E-state index in [1.54, 1.807) is 0 Å². The number of anilines is 3. The van der Waals surface area contributed by atoms with E-state index in [9.17, 15) is 9.90 Å². The van der Waals surface area contributed by atoms with Crippen molar-refractivity contribution in [2.75, 3.05) is 16.0 Å². The van der Waals surface area contributed by atoms with Crippen molar-refractivity contribution in [1.82, 2.24) is 0 Å². The molecule has 2 spiro atoms. The molecule has 0 aromatic heterocycles. The highest BCUT2D eigenvalue weighted by molar-refractivity contribution is 6.52. The molecule has 0 radical (unpaired) electrons. The Hall–Kier alpha value is -5.88. The Kier molecular flexibility index (Phi) is 7.36. The molecule has 0 atom stereocenters. The highest BCUT2D eigenvalue weighted by Gasteiger charge is 2.43. The van der Waals surface area contributed by atoms with Crippen molar-refractivity contribution in [2.24, 2.45) is 4.99 Å². The van der Waals surface area contributed by atoms with E-state index in [0.717, 1.165) is 101 Å². The second kappa shape index (κ2) is 12.3. The lowest BCUT2D eigenvalue weighted by Crippen LogP contribution is -2.50. The fourth-order valence-electron chi connectivity index (χ4n) is 10.6. The first-order valence-corrected chi connectivity index (χ1v) is 20.5. The second-order valence-electron chi connectivity index (χ2n) is 17.2. The van der Waals surface area contributed by atoms with E-state index in [1.807, 2.05) is 12.1 Å². The Balaban J connectivity index is 0.986. The minimum atomic E-state index is -0.462. The Labute approximate surface area is 327 Å². The number of aliphatic hydroxyl groups is 1. The third-order valence-corrected chi connectivity index (χ3v) is 13.7. The number of nitrogens with zero attached hydrogens (tertiary/aromatic N) is 1. The van der Waals surface area contributed by atoms with Crippen molar-refractivity contribution in [3.63, 3.8) is 0 Å². The summed E-state index contributed by atoms with van der Waals surface area (Å²) in [6.07, 6.45) is 7.84. The fourth-order valence-corrected chi connectivity index (χ4v) is 10.6. The number of ketones is 1. The second-order valence-corrected chi connectivity index (χ2v) is 17.2. The van der Waals surface area contributed by atoms with Gasteiger partial charge in [0.15, 0.2) is 0 Å². The molecule has 2 fully saturated rings. The number of carbonyl (C=O) groups excluding carboxylic acids is 1. The Morgan fingerprint density at radius 1 is 0.607 bits per heavy atom. The van der Waals surface area contributed by atoms with Gasteiger partial charge in [-0.2, -0.15) is 0 Å². The van der Waals surface area contributed by atoms with Gasteiger partial charge in [0.25, 0.3) is 0 Å². The van der Waals surface area contributed by atoms with Crippen LogP contribution in [0.25, 0.3) is 32.7 Å². The predicted molar refractivity (Wildman–Crippen MR) is 228 cm³/mol. The molecule has 3 aliphatic carbocycles. The van der Waals surface area contributed by atoms with E-state index < -0.39 is 5.66 Å². The molecular formula is C50H46N4O2. The first-order chi connectivity index (χ1) is 27.3. The first-order valence-electron chi connectivity index (χ1n) is 20.5. The first kappa shape index (κ1) is 33.5. The molecule has 5 aliphatic rings. The number of rotatable bonds is 3. The molecule has 6 aromatic rings. The zero-order valence-electron chi connectivity index (χ0n) is 32.0. The van der Waals surface area contributed by atoms with Crippen LogP contribution in [0.15, 0.2) is 120 Å². The van der Waals surface area contributed by atoms with E-state index >= 15 is 0 Å². The van der Waals surface area contributed by atoms with Gasteiger partial charge in [-0.1, -0.05) is 108 Å². The van der Waals surface area contributed by atoms with Gasteiger partial charge >= 0.3 is 0 Å². The molecular weight excluding hydrogens is 689 g/mol. The van der Waals surface area contributed by atoms with Crippen LogP contribution >= 0.6 is 0 Å². The average molecular weight is 735 g/mol. The van der Waals surface area contributed by atoms with Crippen LogP contribution in [0.4, 0.5) is 17.1 Å². The topological polar surface area (TPSA) is 85.8 Å². The smallest absolute Gasteiger partial charge is 0.201 e. The number of aliphatic hydroxyl groups excluding tert-OH is 1. The number of nitrogens with one attached hydrogen (secondary N) is 3. The molecule has 11 rings (SSSR count). The van der Waals surface area contributed by atoms with E-state index in [-0.39, 0.29) is 17.2 Å². The summed E-state index contributed by atoms with van der Waals surface area (Å²) >= 11 is 0. The normalized spacial score (nSPS) is 26.1. The highest BCUT2D eigenvalue weighted by atomic mass is 16.3. The van der Waals surface area contributed by atoms with Crippen LogP contribution in [0.1, 0.15) is 91.0 Å². The monoisotopic (exact) mass is 734 g/mol. The van der Waals surface area contributed by atoms with Gasteiger partial charge in [0.2, 0.25) is 5.78 Å². The molecule has 0 amide bonds. The lowest BCUT2D eigenvalue weighted by atomic mass is 9.76. The van der Waals surface area contributed by atoms with Gasteiger partial charge in [-0.15, -0.1) is 0 Å². The summed E-state index contributed by atoms with van der Waals surface area (Å²) in [4.78, 5) is 20.1. The molecule has 6 heteroatoms. The van der Waals surface area contributed by atoms with Gasteiger partial charge in [0.1, 0.15) is 17.1 Å². The Morgan fingerprint density at radius 3 is 1.80 bits per heavy atom. The van der Waals surface area contributed by atoms with E-state index in [2.05, 4.69) is 127 Å². The number of Topliss-reactive ketones (excluding diaryl/α,β-unsaturated/α-hetero) is 1. The van der Waals surface area contributed by atoms with Gasteiger partial charge in [-0.3, -0.25) is 9.79 Å². The van der Waals surface area contributed by atoms with Crippen LogP contribution < -0.4 is 26.5 Å². The predicted octanol–water partition coefficient (Wildman–Crippen LogP) is 10.3. The summed E-state index contributed by atoms with van der Waals surface area (Å²) in [6.45, 7) is 4.28. The maximum absolute atomic E-state index is 14.6. The van der Waals surface area contributed by atoms with Crippen molar-refractivity contribution in [2.45, 2.75) is 88.4 Å². The Bertz CT molecular complexity index is 2780. The minimum Gasteiger partial charge on any atom is -0.506 e. The number of carbonyl (C=O) groups is 1. The number of benzene rings is 6. The summed E-state index contributed by atoms with van der Waals surface area (Å²) in [5.41, 5.74) is 9.13. The van der Waals surface area contributed by atoms with Crippen LogP contribution in [0.3, 0.4) is 0 Å². The van der Waals surface area contributed by atoms with Gasteiger partial charge in [0.05, 0.1) is 22.2 Å². The molecule has 2 heterocycles. The minimum absolute atomic E-state index is 0.0551. The molecule has 6 aromatic carbocycles. The number of aryl methyl sites for hydroxylation is 2. The summed E-state index contributed by atoms with van der Waals surface area (Å²) in [5, 5.41) is 29.6. The van der Waals surface area contributed by atoms with Gasteiger partial charge in [-0.05, 0) is 111 Å². The third-order valence-electron chi connectivity index (χ3n) is 13.7. The molecule has 0 unspecified atom stereocenters. The van der Waals surface area contributed by atoms with Crippen molar-refractivity contribution in [3.8, 4) is 0 Å². The van der Waals surface area contributed by atoms with Crippen molar-refractivity contribution >= 4 is 55.5 Å². The lowest BCUT2D eigenvalue weighted by Gasteiger charge is -2.46. The molecule has 0 saturated heterocycles. The van der Waals surface area contributed by atoms with E-state index in [4.69, 9.17) is 4.99 Å². The zero-order chi connectivity index (χ0) is 37.8. The van der Waals surface area contributed by atoms with E-state index in [0.29, 0.717) is 28.2 Å². The van der Waals surface area contributed by atoms with Crippen LogP contribution in [0.2, 0.25) is 0 Å². The maximum Gasteiger partial charge on any atom is 0.201 e. The van der Waals surface area contributed by atoms with Crippen molar-refractivity contribution in [1.29, 1.82) is 0 Å². The molecule has 278 valence electrons. The van der Waals surface area contributed by atoms with Crippen LogP contribution in [0.5, 0.6) is 0 Å². The molecule has 2 saturated carbocycles. The number of hydrogen-bond donors (Lipinski definition) is 4. The lowest BCUT2D eigenvalue weighted by molar-refractivity contribution is -0.109. The summed E-state index contributed by atoms with van der Waals surface area (Å²) in [6, 6.07) is 38.8. The third kappa shape index (κ3) is 5.14. The number of allylic oxidation sites excluding steroid dienone is 2. The van der Waals surface area contributed by atoms with Crippen molar-refractivity contribution < 1.29 is 9.90 Å². The standard InChI is InChI=1S/C50H46N4O2/c1-29-9-13-31(14-10-29)33-21-25-49(26-22-33)51-39-7-3-5-35-17-19-37(45(53-49)41(35)39)43-47(55)44(48(43)56)38-20-18-36-6-4-8-40-42(36)46(38)54-50(52-40)27-23-34(24-28-50)32-15-11-30(2)12-16-32/h3-20,33-34,51-53,55H,21-28H2,1-2H3/b44-38-. The van der Waals surface area contributed by atoms with Crippen molar-refractivity contribution in [3.05, 3.63) is 153 Å². The molecule has 4 N–H and O–H groups in total. The van der Waals surface area contributed by atoms with Gasteiger partial charge in [-0.25, -0.2) is 0 Å². The van der Waals surface area contributed by atoms with Crippen LogP contribution in [0, 0.1) is 13.8 Å². The zero-order valence-corrected chi connectivity index (χ0v) is 32.0. The average Bonchev–Trinajstić information content (AvgIpc) is 3.21. The summed E-state index contributed by atoms with van der Waals surface area (Å²) < 4.78 is 0. The summed E-state index contributed by atoms with van der Waals surface area (Å²) in [7, 11) is 0. The highest BCUT2D eigenvalue weighted by Crippen LogP contribution is 2.50.